The molecule has 0 spiro atoms. The maximum atomic E-state index is 6.76. The molecule has 0 radical (unpaired) electrons. The highest BCUT2D eigenvalue weighted by Crippen LogP contribution is 2.46. The van der Waals surface area contributed by atoms with E-state index in [0.717, 1.165) is 82.9 Å². The molecule has 0 fully saturated rings. The third kappa shape index (κ3) is 3.42. The number of fused-ring (bicyclic) bond motifs is 12. The highest BCUT2D eigenvalue weighted by Gasteiger charge is 2.26. The largest absolute Gasteiger partial charge is 0.454 e. The van der Waals surface area contributed by atoms with Gasteiger partial charge in [0.05, 0.1) is 38.6 Å². The lowest BCUT2D eigenvalue weighted by molar-refractivity contribution is 0.671. The lowest BCUT2D eigenvalue weighted by atomic mass is 10.0. The number of para-hydroxylation sites is 2. The lowest BCUT2D eigenvalue weighted by Gasteiger charge is -2.15. The minimum absolute atomic E-state index is 0.811. The summed E-state index contributed by atoms with van der Waals surface area (Å²) in [6, 6.07) is 56.1. The van der Waals surface area contributed by atoms with Gasteiger partial charge in [-0.25, -0.2) is 9.97 Å². The van der Waals surface area contributed by atoms with Crippen LogP contribution in [0, 0.1) is 0 Å². The molecule has 0 aliphatic rings. The predicted octanol–water partition coefficient (Wildman–Crippen LogP) is 12.6. The maximum Gasteiger partial charge on any atom is 0.165 e. The van der Waals surface area contributed by atoms with Gasteiger partial charge in [0.15, 0.2) is 11.4 Å². The first-order valence-corrected chi connectivity index (χ1v) is 18.0. The van der Waals surface area contributed by atoms with Crippen molar-refractivity contribution >= 4 is 104 Å². The Balaban J connectivity index is 1.28. The molecule has 0 bridgehead atoms. The van der Waals surface area contributed by atoms with Crippen molar-refractivity contribution in [3.05, 3.63) is 158 Å². The van der Waals surface area contributed by atoms with Crippen LogP contribution >= 0.6 is 0 Å². The van der Waals surface area contributed by atoms with E-state index in [0.29, 0.717) is 0 Å². The van der Waals surface area contributed by atoms with Gasteiger partial charge in [-0.2, -0.15) is 0 Å². The van der Waals surface area contributed by atoms with Crippen molar-refractivity contribution in [1.82, 2.24) is 18.9 Å². The molecule has 5 heteroatoms. The predicted molar refractivity (Wildman–Crippen MR) is 219 cm³/mol. The zero-order valence-corrected chi connectivity index (χ0v) is 28.2. The van der Waals surface area contributed by atoms with E-state index in [1.54, 1.807) is 0 Å². The number of hydrogen-bond donors (Lipinski definition) is 0. The van der Waals surface area contributed by atoms with Crippen molar-refractivity contribution in [1.29, 1.82) is 0 Å². The third-order valence-electron chi connectivity index (χ3n) is 11.4. The van der Waals surface area contributed by atoms with Crippen molar-refractivity contribution < 1.29 is 4.42 Å². The van der Waals surface area contributed by atoms with E-state index in [4.69, 9.17) is 14.4 Å². The van der Waals surface area contributed by atoms with Crippen molar-refractivity contribution in [3.63, 3.8) is 0 Å². The van der Waals surface area contributed by atoms with Gasteiger partial charge < -0.3 is 8.82 Å². The summed E-state index contributed by atoms with van der Waals surface area (Å²) in [5.74, 6) is 0.811. The van der Waals surface area contributed by atoms with Crippen LogP contribution in [-0.4, -0.2) is 18.9 Å². The number of nitrogens with zero attached hydrogens (tertiary/aromatic N) is 4. The molecule has 53 heavy (non-hydrogen) atoms. The Hall–Kier alpha value is -7.24. The first-order chi connectivity index (χ1) is 26.3. The van der Waals surface area contributed by atoms with Crippen molar-refractivity contribution in [2.45, 2.75) is 0 Å². The van der Waals surface area contributed by atoms with Crippen LogP contribution < -0.4 is 0 Å². The van der Waals surface area contributed by atoms with Crippen molar-refractivity contribution in [3.8, 4) is 17.1 Å². The van der Waals surface area contributed by atoms with Gasteiger partial charge >= 0.3 is 0 Å². The zero-order valence-electron chi connectivity index (χ0n) is 28.2. The smallest absolute Gasteiger partial charge is 0.165 e. The molecule has 0 unspecified atom stereocenters. The van der Waals surface area contributed by atoms with Crippen LogP contribution in [0.2, 0.25) is 0 Å². The maximum absolute atomic E-state index is 6.76. The molecule has 0 amide bonds. The second kappa shape index (κ2) is 9.75. The second-order valence-corrected chi connectivity index (χ2v) is 14.1. The molecule has 5 nitrogen and oxygen atoms in total. The van der Waals surface area contributed by atoms with E-state index < -0.39 is 0 Å². The number of rotatable bonds is 2. The van der Waals surface area contributed by atoms with Gasteiger partial charge in [-0.15, -0.1) is 0 Å². The fourth-order valence-electron chi connectivity index (χ4n) is 9.24. The van der Waals surface area contributed by atoms with E-state index in [-0.39, 0.29) is 0 Å². The van der Waals surface area contributed by atoms with E-state index in [2.05, 4.69) is 161 Å². The topological polar surface area (TPSA) is 48.3 Å². The molecule has 244 valence electrons. The highest BCUT2D eigenvalue weighted by atomic mass is 16.3. The summed E-state index contributed by atoms with van der Waals surface area (Å²) in [7, 11) is 0. The van der Waals surface area contributed by atoms with Crippen LogP contribution in [0.4, 0.5) is 0 Å². The van der Waals surface area contributed by atoms with Crippen LogP contribution in [0.3, 0.4) is 0 Å². The van der Waals surface area contributed by atoms with Gasteiger partial charge in [0.25, 0.3) is 0 Å². The quantitative estimate of drug-likeness (QED) is 0.172. The molecule has 13 aromatic rings. The lowest BCUT2D eigenvalue weighted by Crippen LogP contribution is -2.04. The number of benzene rings is 8. The Morgan fingerprint density at radius 2 is 1.09 bits per heavy atom. The SMILES string of the molecule is c1ccc(-c2nc3ccc4ccccc4c3nc2-n2c3cccc4c5cccc6c7ccc8c9ccccc9oc8c7n(c7cccc2c7c43)c56)cc1. The fraction of sp³-hybridized carbons (Fsp3) is 0. The molecule has 0 aliphatic heterocycles. The Bertz CT molecular complexity index is 3680. The Labute approximate surface area is 300 Å². The first kappa shape index (κ1) is 27.5. The van der Waals surface area contributed by atoms with Crippen LogP contribution in [-0.2, 0) is 0 Å². The van der Waals surface area contributed by atoms with E-state index in [1.807, 2.05) is 6.07 Å². The van der Waals surface area contributed by atoms with Crippen LogP contribution in [0.5, 0.6) is 0 Å². The average molecular weight is 675 g/mol. The second-order valence-electron chi connectivity index (χ2n) is 14.1. The molecule has 0 atom stereocenters. The third-order valence-corrected chi connectivity index (χ3v) is 11.4. The molecule has 0 N–H and O–H groups in total. The van der Waals surface area contributed by atoms with E-state index >= 15 is 0 Å². The molecule has 0 saturated carbocycles. The van der Waals surface area contributed by atoms with Gasteiger partial charge in [-0.3, -0.25) is 4.57 Å². The Morgan fingerprint density at radius 3 is 2.00 bits per heavy atom. The van der Waals surface area contributed by atoms with Crippen LogP contribution in [0.25, 0.3) is 121 Å². The van der Waals surface area contributed by atoms with Gasteiger partial charge in [0, 0.05) is 48.7 Å². The van der Waals surface area contributed by atoms with Crippen LogP contribution in [0.1, 0.15) is 0 Å². The highest BCUT2D eigenvalue weighted by molar-refractivity contribution is 6.33. The minimum atomic E-state index is 0.811. The Morgan fingerprint density at radius 1 is 0.434 bits per heavy atom. The standard InChI is InChI=1S/C48H26N4O/c1-2-12-28(13-3-1)43-48(50-44-29-14-5-4-11-27(29)23-26-36(44)49-43)51-37-19-9-16-31-32-17-8-18-33-34-24-25-35-30-15-6-7-22-40(30)53-47(35)46(34)52(45(32)33)39-21-10-20-38(51)42(39)41(31)37/h1-26H. The summed E-state index contributed by atoms with van der Waals surface area (Å²) < 4.78 is 11.6. The monoisotopic (exact) mass is 674 g/mol. The average Bonchev–Trinajstić information content (AvgIpc) is 3.85. The summed E-state index contributed by atoms with van der Waals surface area (Å²) in [5, 5.41) is 11.7. The summed E-state index contributed by atoms with van der Waals surface area (Å²) in [4.78, 5) is 11.0. The van der Waals surface area contributed by atoms with E-state index in [1.165, 1.54) is 37.8 Å². The van der Waals surface area contributed by atoms with Crippen molar-refractivity contribution in [2.75, 3.05) is 0 Å². The normalized spacial score (nSPS) is 12.5. The fourth-order valence-corrected chi connectivity index (χ4v) is 9.24. The molecular weight excluding hydrogens is 649 g/mol. The van der Waals surface area contributed by atoms with Gasteiger partial charge in [-0.1, -0.05) is 121 Å². The summed E-state index contributed by atoms with van der Waals surface area (Å²) in [5.41, 5.74) is 11.0. The molecule has 13 rings (SSSR count). The summed E-state index contributed by atoms with van der Waals surface area (Å²) >= 11 is 0. The molecule has 0 aliphatic carbocycles. The Kier molecular flexibility index (Phi) is 5.06. The van der Waals surface area contributed by atoms with Gasteiger partial charge in [0.2, 0.25) is 0 Å². The summed E-state index contributed by atoms with van der Waals surface area (Å²) in [6.07, 6.45) is 0. The number of aromatic nitrogens is 4. The van der Waals surface area contributed by atoms with Gasteiger partial charge in [-0.05, 0) is 47.2 Å². The van der Waals surface area contributed by atoms with Gasteiger partial charge in [0.1, 0.15) is 11.3 Å². The molecular formula is C48H26N4O. The minimum Gasteiger partial charge on any atom is -0.454 e. The first-order valence-electron chi connectivity index (χ1n) is 18.0. The molecule has 5 aromatic heterocycles. The van der Waals surface area contributed by atoms with Crippen LogP contribution in [0.15, 0.2) is 162 Å². The number of furan rings is 1. The van der Waals surface area contributed by atoms with Crippen molar-refractivity contribution in [2.24, 2.45) is 0 Å². The molecule has 8 aromatic carbocycles. The zero-order chi connectivity index (χ0) is 34.4. The summed E-state index contributed by atoms with van der Waals surface area (Å²) in [6.45, 7) is 0. The molecule has 5 heterocycles. The van der Waals surface area contributed by atoms with E-state index in [9.17, 15) is 0 Å². The number of hydrogen-bond acceptors (Lipinski definition) is 3. The molecule has 0 saturated heterocycles.